The molecule has 0 bridgehead atoms. The van der Waals surface area contributed by atoms with Crippen molar-refractivity contribution in [2.75, 3.05) is 26.8 Å². The van der Waals surface area contributed by atoms with Gasteiger partial charge in [-0.3, -0.25) is 4.79 Å². The fourth-order valence-corrected chi connectivity index (χ4v) is 4.16. The second-order valence-corrected chi connectivity index (χ2v) is 8.63. The number of ether oxygens (including phenoxy) is 2. The summed E-state index contributed by atoms with van der Waals surface area (Å²) >= 11 is 0. The van der Waals surface area contributed by atoms with Gasteiger partial charge in [-0.2, -0.15) is 0 Å². The first-order chi connectivity index (χ1) is 14.0. The summed E-state index contributed by atoms with van der Waals surface area (Å²) < 4.78 is 37.9. The quantitative estimate of drug-likeness (QED) is 0.651. The van der Waals surface area contributed by atoms with Crippen molar-refractivity contribution in [1.82, 2.24) is 10.0 Å². The third-order valence-electron chi connectivity index (χ3n) is 4.81. The van der Waals surface area contributed by atoms with E-state index in [1.165, 1.54) is 24.3 Å². The minimum absolute atomic E-state index is 0.0690. The largest absolute Gasteiger partial charge is 0.497 e. The van der Waals surface area contributed by atoms with Gasteiger partial charge in [-0.05, 0) is 61.2 Å². The molecule has 8 heteroatoms. The molecule has 1 heterocycles. The van der Waals surface area contributed by atoms with Gasteiger partial charge in [0.15, 0.2) is 0 Å². The molecule has 1 aliphatic rings. The van der Waals surface area contributed by atoms with Crippen LogP contribution in [0.2, 0.25) is 0 Å². The number of benzene rings is 2. The molecule has 0 aromatic heterocycles. The van der Waals surface area contributed by atoms with Gasteiger partial charge in [-0.15, -0.1) is 0 Å². The summed E-state index contributed by atoms with van der Waals surface area (Å²) in [5.41, 5.74) is 1.50. The Hall–Kier alpha value is -2.42. The molecular formula is C21H26N2O5S. The maximum absolute atomic E-state index is 12.4. The molecule has 29 heavy (non-hydrogen) atoms. The second-order valence-electron chi connectivity index (χ2n) is 6.87. The normalized spacial score (nSPS) is 16.5. The summed E-state index contributed by atoms with van der Waals surface area (Å²) in [5.74, 6) is 0.549. The molecule has 0 saturated carbocycles. The van der Waals surface area contributed by atoms with E-state index in [0.717, 1.165) is 24.2 Å². The number of sulfonamides is 1. The van der Waals surface area contributed by atoms with Crippen LogP contribution < -0.4 is 14.8 Å². The number of amides is 1. The maximum atomic E-state index is 12.4. The first-order valence-corrected chi connectivity index (χ1v) is 11.1. The van der Waals surface area contributed by atoms with Crippen LogP contribution in [0.4, 0.5) is 0 Å². The fourth-order valence-electron chi connectivity index (χ4n) is 3.09. The molecule has 1 atom stereocenters. The van der Waals surface area contributed by atoms with Gasteiger partial charge in [-0.25, -0.2) is 13.1 Å². The molecule has 1 fully saturated rings. The fraction of sp³-hybridized carbons (Fsp3) is 0.381. The van der Waals surface area contributed by atoms with Gasteiger partial charge in [-0.1, -0.05) is 12.1 Å². The highest BCUT2D eigenvalue weighted by Gasteiger charge is 2.20. The summed E-state index contributed by atoms with van der Waals surface area (Å²) in [6.45, 7) is 1.42. The summed E-state index contributed by atoms with van der Waals surface area (Å²) in [6.07, 6.45) is 2.43. The predicted molar refractivity (Wildman–Crippen MR) is 110 cm³/mol. The van der Waals surface area contributed by atoms with Crippen molar-refractivity contribution in [3.63, 3.8) is 0 Å². The van der Waals surface area contributed by atoms with Crippen LogP contribution in [-0.2, 0) is 21.2 Å². The van der Waals surface area contributed by atoms with Crippen molar-refractivity contribution in [1.29, 1.82) is 0 Å². The summed E-state index contributed by atoms with van der Waals surface area (Å²) in [6, 6.07) is 13.6. The zero-order valence-electron chi connectivity index (χ0n) is 16.4. The van der Waals surface area contributed by atoms with E-state index in [4.69, 9.17) is 9.47 Å². The number of rotatable bonds is 9. The van der Waals surface area contributed by atoms with E-state index in [1.54, 1.807) is 7.11 Å². The highest BCUT2D eigenvalue weighted by molar-refractivity contribution is 7.89. The Morgan fingerprint density at radius 2 is 1.86 bits per heavy atom. The van der Waals surface area contributed by atoms with Crippen LogP contribution in [0.25, 0.3) is 0 Å². The molecule has 0 radical (unpaired) electrons. The Morgan fingerprint density at radius 3 is 2.48 bits per heavy atom. The van der Waals surface area contributed by atoms with Crippen molar-refractivity contribution < 1.29 is 22.7 Å². The topological polar surface area (TPSA) is 93.7 Å². The number of hydrogen-bond donors (Lipinski definition) is 2. The zero-order valence-corrected chi connectivity index (χ0v) is 17.2. The molecule has 2 aromatic rings. The van der Waals surface area contributed by atoms with Gasteiger partial charge in [0.25, 0.3) is 5.91 Å². The van der Waals surface area contributed by atoms with Crippen molar-refractivity contribution >= 4 is 15.9 Å². The van der Waals surface area contributed by atoms with Gasteiger partial charge in [0.2, 0.25) is 10.0 Å². The Bertz CT molecular complexity index is 905. The van der Waals surface area contributed by atoms with E-state index in [9.17, 15) is 13.2 Å². The molecule has 1 aliphatic heterocycles. The molecule has 1 amide bonds. The van der Waals surface area contributed by atoms with E-state index in [-0.39, 0.29) is 23.5 Å². The van der Waals surface area contributed by atoms with Crippen LogP contribution in [0.5, 0.6) is 5.75 Å². The smallest absolute Gasteiger partial charge is 0.251 e. The van der Waals surface area contributed by atoms with Crippen LogP contribution in [-0.4, -0.2) is 47.2 Å². The molecule has 0 aliphatic carbocycles. The molecule has 156 valence electrons. The van der Waals surface area contributed by atoms with Crippen molar-refractivity contribution in [2.45, 2.75) is 30.3 Å². The average Bonchev–Trinajstić information content (AvgIpc) is 3.27. The average molecular weight is 419 g/mol. The lowest BCUT2D eigenvalue weighted by Crippen LogP contribution is -2.32. The standard InChI is InChI=1S/C21H26N2O5S/c1-27-18-8-4-16(5-9-18)12-13-22-21(24)17-6-10-20(11-7-17)29(25,26)23-15-19-3-2-14-28-19/h4-11,19,23H,2-3,12-15H2,1H3,(H,22,24). The highest BCUT2D eigenvalue weighted by Crippen LogP contribution is 2.14. The first kappa shape index (κ1) is 21.3. The van der Waals surface area contributed by atoms with Crippen LogP contribution in [0.1, 0.15) is 28.8 Å². The highest BCUT2D eigenvalue weighted by atomic mass is 32.2. The lowest BCUT2D eigenvalue weighted by Gasteiger charge is -2.12. The van der Waals surface area contributed by atoms with E-state index in [1.807, 2.05) is 24.3 Å². The number of nitrogens with one attached hydrogen (secondary N) is 2. The van der Waals surface area contributed by atoms with E-state index in [2.05, 4.69) is 10.0 Å². The minimum atomic E-state index is -3.62. The lowest BCUT2D eigenvalue weighted by molar-refractivity contribution is 0.0954. The molecule has 3 rings (SSSR count). The van der Waals surface area contributed by atoms with Gasteiger partial charge >= 0.3 is 0 Å². The van der Waals surface area contributed by atoms with Gasteiger partial charge in [0.1, 0.15) is 5.75 Å². The van der Waals surface area contributed by atoms with Crippen LogP contribution in [0.15, 0.2) is 53.4 Å². The Kier molecular flexibility index (Phi) is 7.24. The number of hydrogen-bond acceptors (Lipinski definition) is 5. The van der Waals surface area contributed by atoms with Gasteiger partial charge in [0.05, 0.1) is 18.1 Å². The SMILES string of the molecule is COc1ccc(CCNC(=O)c2ccc(S(=O)(=O)NCC3CCCO3)cc2)cc1. The van der Waals surface area contributed by atoms with Gasteiger partial charge < -0.3 is 14.8 Å². The second kappa shape index (κ2) is 9.87. The summed E-state index contributed by atoms with van der Waals surface area (Å²) in [4.78, 5) is 12.4. The first-order valence-electron chi connectivity index (χ1n) is 9.60. The minimum Gasteiger partial charge on any atom is -0.497 e. The van der Waals surface area contributed by atoms with Crippen LogP contribution >= 0.6 is 0 Å². The molecule has 7 nitrogen and oxygen atoms in total. The summed E-state index contributed by atoms with van der Waals surface area (Å²) in [5, 5.41) is 2.84. The molecule has 2 N–H and O–H groups in total. The third kappa shape index (κ3) is 6.03. The van der Waals surface area contributed by atoms with Gasteiger partial charge in [0, 0.05) is 25.3 Å². The molecule has 0 spiro atoms. The molecular weight excluding hydrogens is 392 g/mol. The van der Waals surface area contributed by atoms with E-state index < -0.39 is 10.0 Å². The van der Waals surface area contributed by atoms with E-state index in [0.29, 0.717) is 25.1 Å². The molecule has 2 aromatic carbocycles. The maximum Gasteiger partial charge on any atom is 0.251 e. The zero-order chi connectivity index (χ0) is 20.7. The monoisotopic (exact) mass is 418 g/mol. The van der Waals surface area contributed by atoms with Crippen molar-refractivity contribution in [2.24, 2.45) is 0 Å². The Balaban J connectivity index is 1.49. The number of carbonyl (C=O) groups is 1. The predicted octanol–water partition coefficient (Wildman–Crippen LogP) is 2.12. The lowest BCUT2D eigenvalue weighted by atomic mass is 10.1. The van der Waals surface area contributed by atoms with Crippen molar-refractivity contribution in [3.8, 4) is 5.75 Å². The van der Waals surface area contributed by atoms with Crippen LogP contribution in [0, 0.1) is 0 Å². The Labute approximate surface area is 171 Å². The molecule has 1 unspecified atom stereocenters. The number of carbonyl (C=O) groups excluding carboxylic acids is 1. The molecule has 1 saturated heterocycles. The van der Waals surface area contributed by atoms with Crippen LogP contribution in [0.3, 0.4) is 0 Å². The third-order valence-corrected chi connectivity index (χ3v) is 6.25. The Morgan fingerprint density at radius 1 is 1.14 bits per heavy atom. The number of methoxy groups -OCH3 is 1. The summed E-state index contributed by atoms with van der Waals surface area (Å²) in [7, 11) is -2.00. The van der Waals surface area contributed by atoms with E-state index >= 15 is 0 Å². The van der Waals surface area contributed by atoms with Crippen molar-refractivity contribution in [3.05, 3.63) is 59.7 Å².